The molecule has 0 saturated carbocycles. The molecule has 0 radical (unpaired) electrons. The minimum Gasteiger partial charge on any atom is -0.342 e. The van der Waals surface area contributed by atoms with Crippen LogP contribution in [0, 0.1) is 5.41 Å². The van der Waals surface area contributed by atoms with Gasteiger partial charge in [-0.1, -0.05) is 30.3 Å². The smallest absolute Gasteiger partial charge is 0.324 e. The van der Waals surface area contributed by atoms with E-state index in [9.17, 15) is 14.4 Å². The minimum absolute atomic E-state index is 0.00688. The number of carbonyl (C=O) groups is 3. The Morgan fingerprint density at radius 3 is 2.44 bits per heavy atom. The Bertz CT molecular complexity index is 666. The molecule has 1 aromatic carbocycles. The first-order chi connectivity index (χ1) is 11.9. The van der Waals surface area contributed by atoms with E-state index in [1.54, 1.807) is 13.8 Å². The van der Waals surface area contributed by atoms with Gasteiger partial charge in [0.1, 0.15) is 0 Å². The molecule has 3 rings (SSSR count). The lowest BCUT2D eigenvalue weighted by molar-refractivity contribution is -0.142. The van der Waals surface area contributed by atoms with E-state index in [-0.39, 0.29) is 18.4 Å². The average Bonchev–Trinajstić information content (AvgIpc) is 3.13. The van der Waals surface area contributed by atoms with Gasteiger partial charge in [0.05, 0.1) is 11.3 Å². The van der Waals surface area contributed by atoms with Gasteiger partial charge >= 0.3 is 6.03 Å². The number of urea groups is 1. The third-order valence-corrected chi connectivity index (χ3v) is 4.99. The van der Waals surface area contributed by atoms with E-state index in [1.165, 1.54) is 4.90 Å². The van der Waals surface area contributed by atoms with Crippen LogP contribution in [-0.4, -0.2) is 53.8 Å². The highest BCUT2D eigenvalue weighted by Gasteiger charge is 2.42. The van der Waals surface area contributed by atoms with Crippen LogP contribution in [0.3, 0.4) is 0 Å². The van der Waals surface area contributed by atoms with Crippen molar-refractivity contribution in [3.8, 4) is 0 Å². The van der Waals surface area contributed by atoms with E-state index in [0.29, 0.717) is 6.54 Å². The first-order valence-corrected chi connectivity index (χ1v) is 8.84. The maximum Gasteiger partial charge on any atom is 0.324 e. The SMILES string of the molecule is CC(C)(CN1C(=O)NCC(c2ccccc2)C1=O)C(=O)N1CCCC1. The Balaban J connectivity index is 1.76. The van der Waals surface area contributed by atoms with E-state index in [2.05, 4.69) is 5.32 Å². The minimum atomic E-state index is -0.796. The van der Waals surface area contributed by atoms with Gasteiger partial charge < -0.3 is 10.2 Å². The van der Waals surface area contributed by atoms with E-state index in [1.807, 2.05) is 35.2 Å². The van der Waals surface area contributed by atoms with Crippen LogP contribution in [0.2, 0.25) is 0 Å². The number of hydrogen-bond donors (Lipinski definition) is 1. The number of nitrogens with zero attached hydrogens (tertiary/aromatic N) is 2. The van der Waals surface area contributed by atoms with E-state index >= 15 is 0 Å². The molecule has 0 spiro atoms. The van der Waals surface area contributed by atoms with Crippen LogP contribution in [0.25, 0.3) is 0 Å². The topological polar surface area (TPSA) is 69.7 Å². The van der Waals surface area contributed by atoms with Crippen molar-refractivity contribution < 1.29 is 14.4 Å². The normalized spacial score (nSPS) is 21.4. The highest BCUT2D eigenvalue weighted by Crippen LogP contribution is 2.27. The molecule has 0 aliphatic carbocycles. The fourth-order valence-electron chi connectivity index (χ4n) is 3.57. The summed E-state index contributed by atoms with van der Waals surface area (Å²) in [4.78, 5) is 41.0. The molecule has 4 amide bonds. The molecule has 1 unspecified atom stereocenters. The molecule has 1 aromatic rings. The van der Waals surface area contributed by atoms with Crippen LogP contribution in [-0.2, 0) is 9.59 Å². The number of rotatable bonds is 4. The van der Waals surface area contributed by atoms with Gasteiger partial charge in [-0.2, -0.15) is 0 Å². The molecule has 2 aliphatic heterocycles. The number of likely N-dealkylation sites (tertiary alicyclic amines) is 1. The van der Waals surface area contributed by atoms with Gasteiger partial charge in [-0.3, -0.25) is 14.5 Å². The maximum absolute atomic E-state index is 12.9. The van der Waals surface area contributed by atoms with Crippen LogP contribution >= 0.6 is 0 Å². The highest BCUT2D eigenvalue weighted by atomic mass is 16.2. The summed E-state index contributed by atoms with van der Waals surface area (Å²) in [5.41, 5.74) is 0.0804. The molecule has 1 N–H and O–H groups in total. The van der Waals surface area contributed by atoms with Crippen molar-refractivity contribution in [2.24, 2.45) is 5.41 Å². The van der Waals surface area contributed by atoms with E-state index in [0.717, 1.165) is 31.5 Å². The largest absolute Gasteiger partial charge is 0.342 e. The molecule has 2 fully saturated rings. The summed E-state index contributed by atoms with van der Waals surface area (Å²) in [6.45, 7) is 5.51. The van der Waals surface area contributed by atoms with Crippen molar-refractivity contribution in [1.29, 1.82) is 0 Å². The van der Waals surface area contributed by atoms with Crippen LogP contribution < -0.4 is 5.32 Å². The van der Waals surface area contributed by atoms with Gasteiger partial charge in [-0.15, -0.1) is 0 Å². The zero-order chi connectivity index (χ0) is 18.0. The predicted molar refractivity (Wildman–Crippen MR) is 93.9 cm³/mol. The Hall–Kier alpha value is -2.37. The Morgan fingerprint density at radius 1 is 1.16 bits per heavy atom. The summed E-state index contributed by atoms with van der Waals surface area (Å²) in [6.07, 6.45) is 2.03. The van der Waals surface area contributed by atoms with Crippen molar-refractivity contribution in [3.63, 3.8) is 0 Å². The Kier molecular flexibility index (Phi) is 4.79. The molecule has 2 saturated heterocycles. The van der Waals surface area contributed by atoms with Gasteiger partial charge in [-0.05, 0) is 32.3 Å². The molecule has 0 aromatic heterocycles. The molecular weight excluding hydrogens is 318 g/mol. The van der Waals surface area contributed by atoms with Gasteiger partial charge in [0.2, 0.25) is 11.8 Å². The van der Waals surface area contributed by atoms with Crippen molar-refractivity contribution in [2.45, 2.75) is 32.6 Å². The van der Waals surface area contributed by atoms with Gasteiger partial charge in [-0.25, -0.2) is 4.79 Å². The number of hydrogen-bond acceptors (Lipinski definition) is 3. The van der Waals surface area contributed by atoms with Gasteiger partial charge in [0.25, 0.3) is 0 Å². The first kappa shape index (κ1) is 17.5. The lowest BCUT2D eigenvalue weighted by Gasteiger charge is -2.37. The summed E-state index contributed by atoms with van der Waals surface area (Å²) in [7, 11) is 0. The quantitative estimate of drug-likeness (QED) is 0.909. The number of nitrogens with one attached hydrogen (secondary N) is 1. The van der Waals surface area contributed by atoms with Crippen molar-refractivity contribution >= 4 is 17.8 Å². The molecular formula is C19H25N3O3. The molecule has 2 heterocycles. The molecule has 1 atom stereocenters. The second kappa shape index (κ2) is 6.86. The molecule has 6 nitrogen and oxygen atoms in total. The predicted octanol–water partition coefficient (Wildman–Crippen LogP) is 1.97. The third kappa shape index (κ3) is 3.52. The third-order valence-electron chi connectivity index (χ3n) is 4.99. The molecule has 6 heteroatoms. The fourth-order valence-corrected chi connectivity index (χ4v) is 3.57. The van der Waals surface area contributed by atoms with Crippen molar-refractivity contribution in [3.05, 3.63) is 35.9 Å². The summed E-state index contributed by atoms with van der Waals surface area (Å²) in [5.74, 6) is -0.638. The Morgan fingerprint density at radius 2 is 1.80 bits per heavy atom. The molecule has 134 valence electrons. The first-order valence-electron chi connectivity index (χ1n) is 8.84. The highest BCUT2D eigenvalue weighted by molar-refractivity contribution is 6.01. The molecule has 0 bridgehead atoms. The lowest BCUT2D eigenvalue weighted by Crippen LogP contribution is -2.58. The van der Waals surface area contributed by atoms with Crippen LogP contribution in [0.1, 0.15) is 38.2 Å². The van der Waals surface area contributed by atoms with Crippen molar-refractivity contribution in [2.75, 3.05) is 26.2 Å². The molecule has 2 aliphatic rings. The van der Waals surface area contributed by atoms with Crippen LogP contribution in [0.5, 0.6) is 0 Å². The van der Waals surface area contributed by atoms with Crippen LogP contribution in [0.4, 0.5) is 4.79 Å². The second-order valence-corrected chi connectivity index (χ2v) is 7.46. The standard InChI is InChI=1S/C19H25N3O3/c1-19(2,17(24)21-10-6-7-11-21)13-22-16(23)15(12-20-18(22)25)14-8-4-3-5-9-14/h3-5,8-9,15H,6-7,10-13H2,1-2H3,(H,20,25). The zero-order valence-corrected chi connectivity index (χ0v) is 14.8. The number of amides is 4. The van der Waals surface area contributed by atoms with E-state index < -0.39 is 17.4 Å². The second-order valence-electron chi connectivity index (χ2n) is 7.46. The van der Waals surface area contributed by atoms with Gasteiger partial charge in [0.15, 0.2) is 0 Å². The number of imide groups is 1. The summed E-state index contributed by atoms with van der Waals surface area (Å²) in [5, 5.41) is 2.78. The van der Waals surface area contributed by atoms with Crippen molar-refractivity contribution in [1.82, 2.24) is 15.1 Å². The summed E-state index contributed by atoms with van der Waals surface area (Å²) in [6, 6.07) is 9.01. The average molecular weight is 343 g/mol. The van der Waals surface area contributed by atoms with Crippen LogP contribution in [0.15, 0.2) is 30.3 Å². The summed E-state index contributed by atoms with van der Waals surface area (Å²) < 4.78 is 0. The van der Waals surface area contributed by atoms with Gasteiger partial charge in [0, 0.05) is 26.2 Å². The van der Waals surface area contributed by atoms with E-state index in [4.69, 9.17) is 0 Å². The fraction of sp³-hybridized carbons (Fsp3) is 0.526. The molecule has 25 heavy (non-hydrogen) atoms. The monoisotopic (exact) mass is 343 g/mol. The number of carbonyl (C=O) groups excluding carboxylic acids is 3. The zero-order valence-electron chi connectivity index (χ0n) is 14.8. The summed E-state index contributed by atoms with van der Waals surface area (Å²) >= 11 is 0. The Labute approximate surface area is 148 Å². The number of benzene rings is 1. The lowest BCUT2D eigenvalue weighted by atomic mass is 9.89. The maximum atomic E-state index is 12.9.